The molecule has 2 heteroatoms. The third kappa shape index (κ3) is 2.22. The topological polar surface area (TPSA) is 35.2 Å². The molecule has 1 heterocycles. The zero-order valence-corrected chi connectivity index (χ0v) is 13.0. The second-order valence-corrected chi connectivity index (χ2v) is 7.99. The maximum atomic E-state index is 6.92. The van der Waals surface area contributed by atoms with Gasteiger partial charge in [-0.25, -0.2) is 0 Å². The van der Waals surface area contributed by atoms with Crippen molar-refractivity contribution in [3.8, 4) is 0 Å². The average Bonchev–Trinajstić information content (AvgIpc) is 2.44. The van der Waals surface area contributed by atoms with Gasteiger partial charge in [-0.3, -0.25) is 0 Å². The van der Waals surface area contributed by atoms with Gasteiger partial charge in [-0.1, -0.05) is 26.7 Å². The molecule has 1 saturated carbocycles. The van der Waals surface area contributed by atoms with Crippen molar-refractivity contribution >= 4 is 0 Å². The second kappa shape index (κ2) is 4.21. The van der Waals surface area contributed by atoms with Crippen molar-refractivity contribution in [3.05, 3.63) is 0 Å². The summed E-state index contributed by atoms with van der Waals surface area (Å²) in [7, 11) is 0. The Morgan fingerprint density at radius 1 is 1.11 bits per heavy atom. The quantitative estimate of drug-likeness (QED) is 0.772. The highest BCUT2D eigenvalue weighted by Crippen LogP contribution is 2.52. The van der Waals surface area contributed by atoms with Gasteiger partial charge in [0.25, 0.3) is 0 Å². The fraction of sp³-hybridized carbons (Fsp3) is 1.00. The average molecular weight is 253 g/mol. The van der Waals surface area contributed by atoms with E-state index in [1.807, 2.05) is 0 Å². The van der Waals surface area contributed by atoms with E-state index in [4.69, 9.17) is 10.5 Å². The molecule has 18 heavy (non-hydrogen) atoms. The van der Waals surface area contributed by atoms with E-state index in [9.17, 15) is 0 Å². The van der Waals surface area contributed by atoms with Crippen LogP contribution in [0, 0.1) is 17.8 Å². The van der Waals surface area contributed by atoms with Gasteiger partial charge in [0.05, 0.1) is 11.2 Å². The molecule has 0 aromatic heterocycles. The van der Waals surface area contributed by atoms with E-state index in [2.05, 4.69) is 41.5 Å². The van der Waals surface area contributed by atoms with Crippen LogP contribution in [0.25, 0.3) is 0 Å². The van der Waals surface area contributed by atoms with Crippen LogP contribution in [0.1, 0.15) is 67.2 Å². The van der Waals surface area contributed by atoms with Crippen molar-refractivity contribution in [2.24, 2.45) is 23.5 Å². The van der Waals surface area contributed by atoms with Crippen LogP contribution in [0.4, 0.5) is 0 Å². The third-order valence-corrected chi connectivity index (χ3v) is 5.69. The van der Waals surface area contributed by atoms with Crippen molar-refractivity contribution in [1.29, 1.82) is 0 Å². The summed E-state index contributed by atoms with van der Waals surface area (Å²) in [5, 5.41) is 0. The SMILES string of the molecule is CC1CCCC(N)(C2CC(C)(C)OC2(C)C)C1C. The summed E-state index contributed by atoms with van der Waals surface area (Å²) >= 11 is 0. The fourth-order valence-corrected chi connectivity index (χ4v) is 4.63. The number of ether oxygens (including phenoxy) is 1. The summed E-state index contributed by atoms with van der Waals surface area (Å²) in [6.45, 7) is 13.6. The Morgan fingerprint density at radius 3 is 2.22 bits per heavy atom. The summed E-state index contributed by atoms with van der Waals surface area (Å²) in [6, 6.07) is 0. The highest BCUT2D eigenvalue weighted by atomic mass is 16.5. The second-order valence-electron chi connectivity index (χ2n) is 7.99. The molecule has 0 radical (unpaired) electrons. The molecule has 0 amide bonds. The minimum atomic E-state index is -0.0937. The van der Waals surface area contributed by atoms with Crippen LogP contribution in [0.2, 0.25) is 0 Å². The van der Waals surface area contributed by atoms with Gasteiger partial charge in [-0.05, 0) is 52.4 Å². The molecule has 0 aromatic rings. The molecular formula is C16H31NO. The van der Waals surface area contributed by atoms with Gasteiger partial charge in [-0.15, -0.1) is 0 Å². The van der Waals surface area contributed by atoms with Crippen LogP contribution in [-0.2, 0) is 4.74 Å². The molecule has 1 saturated heterocycles. The Balaban J connectivity index is 2.29. The Labute approximate surface area is 113 Å². The predicted molar refractivity (Wildman–Crippen MR) is 76.4 cm³/mol. The lowest BCUT2D eigenvalue weighted by Gasteiger charge is -2.50. The van der Waals surface area contributed by atoms with Crippen molar-refractivity contribution in [1.82, 2.24) is 0 Å². The van der Waals surface area contributed by atoms with E-state index in [-0.39, 0.29) is 16.7 Å². The first kappa shape index (κ1) is 14.3. The predicted octanol–water partition coefficient (Wildman–Crippen LogP) is 3.73. The minimum Gasteiger partial charge on any atom is -0.369 e. The molecule has 2 rings (SSSR count). The Kier molecular flexibility index (Phi) is 3.35. The molecular weight excluding hydrogens is 222 g/mol. The van der Waals surface area contributed by atoms with Crippen molar-refractivity contribution in [2.75, 3.05) is 0 Å². The molecule has 1 aliphatic heterocycles. The maximum Gasteiger partial charge on any atom is 0.0680 e. The number of rotatable bonds is 1. The monoisotopic (exact) mass is 253 g/mol. The fourth-order valence-electron chi connectivity index (χ4n) is 4.63. The van der Waals surface area contributed by atoms with Crippen molar-refractivity contribution < 1.29 is 4.74 Å². The summed E-state index contributed by atoms with van der Waals surface area (Å²) in [5.74, 6) is 1.80. The van der Waals surface area contributed by atoms with Crippen molar-refractivity contribution in [2.45, 2.75) is 84.0 Å². The number of hydrogen-bond acceptors (Lipinski definition) is 2. The van der Waals surface area contributed by atoms with E-state index in [1.165, 1.54) is 12.8 Å². The lowest BCUT2D eigenvalue weighted by Crippen LogP contribution is -2.60. The normalized spacial score (nSPS) is 47.2. The summed E-state index contributed by atoms with van der Waals surface area (Å²) in [6.07, 6.45) is 4.85. The van der Waals surface area contributed by atoms with Crippen LogP contribution in [-0.4, -0.2) is 16.7 Å². The summed E-state index contributed by atoms with van der Waals surface area (Å²) in [5.41, 5.74) is 6.75. The first-order valence-corrected chi connectivity index (χ1v) is 7.57. The van der Waals surface area contributed by atoms with Gasteiger partial charge in [0.2, 0.25) is 0 Å². The Morgan fingerprint density at radius 2 is 1.72 bits per heavy atom. The molecule has 2 nitrogen and oxygen atoms in total. The third-order valence-electron chi connectivity index (χ3n) is 5.69. The molecule has 2 fully saturated rings. The first-order valence-electron chi connectivity index (χ1n) is 7.57. The largest absolute Gasteiger partial charge is 0.369 e. The van der Waals surface area contributed by atoms with Gasteiger partial charge in [-0.2, -0.15) is 0 Å². The van der Waals surface area contributed by atoms with Crippen LogP contribution < -0.4 is 5.73 Å². The Hall–Kier alpha value is -0.0800. The van der Waals surface area contributed by atoms with Crippen molar-refractivity contribution in [3.63, 3.8) is 0 Å². The zero-order valence-electron chi connectivity index (χ0n) is 13.0. The van der Waals surface area contributed by atoms with Crippen LogP contribution in [0.3, 0.4) is 0 Å². The molecule has 0 aromatic carbocycles. The van der Waals surface area contributed by atoms with Crippen LogP contribution in [0.5, 0.6) is 0 Å². The zero-order chi connectivity index (χ0) is 13.8. The molecule has 0 bridgehead atoms. The Bertz CT molecular complexity index is 323. The highest BCUT2D eigenvalue weighted by molar-refractivity contribution is 5.09. The van der Waals surface area contributed by atoms with Gasteiger partial charge < -0.3 is 10.5 Å². The molecule has 2 aliphatic rings. The lowest BCUT2D eigenvalue weighted by atomic mass is 9.59. The molecule has 2 N–H and O–H groups in total. The van der Waals surface area contributed by atoms with Gasteiger partial charge in [0.15, 0.2) is 0 Å². The number of nitrogens with two attached hydrogens (primary N) is 1. The van der Waals surface area contributed by atoms with Gasteiger partial charge in [0.1, 0.15) is 0 Å². The standard InChI is InChI=1S/C16H31NO/c1-11-8-7-9-16(17,12(11)2)13-10-14(3,4)18-15(13,5)6/h11-13H,7-10,17H2,1-6H3. The van der Waals surface area contributed by atoms with E-state index in [0.717, 1.165) is 18.8 Å². The molecule has 0 spiro atoms. The molecule has 106 valence electrons. The van der Waals surface area contributed by atoms with Gasteiger partial charge in [0, 0.05) is 11.5 Å². The van der Waals surface area contributed by atoms with Crippen LogP contribution >= 0.6 is 0 Å². The van der Waals surface area contributed by atoms with Gasteiger partial charge >= 0.3 is 0 Å². The first-order chi connectivity index (χ1) is 8.08. The highest BCUT2D eigenvalue weighted by Gasteiger charge is 2.56. The molecule has 1 aliphatic carbocycles. The minimum absolute atomic E-state index is 0.0268. The van der Waals surface area contributed by atoms with E-state index >= 15 is 0 Å². The summed E-state index contributed by atoms with van der Waals surface area (Å²) < 4.78 is 6.27. The summed E-state index contributed by atoms with van der Waals surface area (Å²) in [4.78, 5) is 0. The van der Waals surface area contributed by atoms with E-state index in [0.29, 0.717) is 11.8 Å². The number of hydrogen-bond donors (Lipinski definition) is 1. The molecule has 4 unspecified atom stereocenters. The van der Waals surface area contributed by atoms with Crippen LogP contribution in [0.15, 0.2) is 0 Å². The lowest BCUT2D eigenvalue weighted by molar-refractivity contribution is -0.0898. The molecule has 4 atom stereocenters. The smallest absolute Gasteiger partial charge is 0.0680 e. The van der Waals surface area contributed by atoms with E-state index < -0.39 is 0 Å². The maximum absolute atomic E-state index is 6.92. The van der Waals surface area contributed by atoms with E-state index in [1.54, 1.807) is 0 Å².